The zero-order chi connectivity index (χ0) is 12.0. The summed E-state index contributed by atoms with van der Waals surface area (Å²) >= 11 is 0. The molecule has 0 aliphatic heterocycles. The first-order valence-electron chi connectivity index (χ1n) is 4.95. The molecule has 0 fully saturated rings. The summed E-state index contributed by atoms with van der Waals surface area (Å²) in [5.41, 5.74) is 0. The topological polar surface area (TPSA) is 76.0 Å². The number of methoxy groups -OCH3 is 1. The van der Waals surface area contributed by atoms with Crippen LogP contribution >= 0.6 is 0 Å². The van der Waals surface area contributed by atoms with E-state index >= 15 is 0 Å². The molecule has 5 nitrogen and oxygen atoms in total. The van der Waals surface area contributed by atoms with Gasteiger partial charge in [0.2, 0.25) is 0 Å². The number of aliphatic hydroxyl groups excluding tert-OH is 1. The van der Waals surface area contributed by atoms with E-state index in [1.54, 1.807) is 20.8 Å². The molecule has 0 aromatic carbocycles. The zero-order valence-electron chi connectivity index (χ0n) is 9.64. The van der Waals surface area contributed by atoms with Gasteiger partial charge in [0.15, 0.2) is 6.10 Å². The van der Waals surface area contributed by atoms with E-state index < -0.39 is 24.3 Å². The van der Waals surface area contributed by atoms with Crippen LogP contribution in [-0.2, 0) is 14.3 Å². The van der Waals surface area contributed by atoms with E-state index in [1.807, 2.05) is 0 Å². The van der Waals surface area contributed by atoms with Crippen molar-refractivity contribution in [1.29, 1.82) is 0 Å². The first kappa shape index (κ1) is 14.3. The second-order valence-corrected chi connectivity index (χ2v) is 3.77. The van der Waals surface area contributed by atoms with Gasteiger partial charge in [0.25, 0.3) is 0 Å². The fraction of sp³-hybridized carbons (Fsp3) is 0.900. The van der Waals surface area contributed by atoms with E-state index in [-0.39, 0.29) is 5.92 Å². The standard InChI is InChI=1S/C10H20O5/c1-6(5-14-4)9(10(12)13)15-8(3)7(2)11/h6-9,11H,5H2,1-4H3,(H,12,13). The maximum absolute atomic E-state index is 10.9. The van der Waals surface area contributed by atoms with Crippen molar-refractivity contribution in [1.82, 2.24) is 0 Å². The van der Waals surface area contributed by atoms with Gasteiger partial charge < -0.3 is 19.7 Å². The van der Waals surface area contributed by atoms with Gasteiger partial charge in [0.1, 0.15) is 0 Å². The molecular formula is C10H20O5. The quantitative estimate of drug-likeness (QED) is 0.653. The van der Waals surface area contributed by atoms with Crippen molar-refractivity contribution in [3.8, 4) is 0 Å². The Morgan fingerprint density at radius 1 is 1.33 bits per heavy atom. The lowest BCUT2D eigenvalue weighted by Gasteiger charge is -2.25. The van der Waals surface area contributed by atoms with Gasteiger partial charge in [-0.2, -0.15) is 0 Å². The van der Waals surface area contributed by atoms with Crippen LogP contribution in [0.1, 0.15) is 20.8 Å². The highest BCUT2D eigenvalue weighted by atomic mass is 16.5. The summed E-state index contributed by atoms with van der Waals surface area (Å²) in [6, 6.07) is 0. The molecule has 0 amide bonds. The van der Waals surface area contributed by atoms with E-state index in [1.165, 1.54) is 7.11 Å². The maximum Gasteiger partial charge on any atom is 0.333 e. The molecule has 0 radical (unpaired) electrons. The van der Waals surface area contributed by atoms with Crippen LogP contribution in [0.2, 0.25) is 0 Å². The second kappa shape index (κ2) is 6.76. The number of aliphatic hydroxyl groups is 1. The van der Waals surface area contributed by atoms with Crippen LogP contribution < -0.4 is 0 Å². The molecule has 4 atom stereocenters. The van der Waals surface area contributed by atoms with Crippen molar-refractivity contribution < 1.29 is 24.5 Å². The molecule has 0 saturated carbocycles. The SMILES string of the molecule is COCC(C)C(OC(C)C(C)O)C(=O)O. The predicted molar refractivity (Wildman–Crippen MR) is 54.7 cm³/mol. The average Bonchev–Trinajstić information content (AvgIpc) is 2.13. The number of carbonyl (C=O) groups is 1. The highest BCUT2D eigenvalue weighted by molar-refractivity contribution is 5.72. The Morgan fingerprint density at radius 3 is 2.20 bits per heavy atom. The highest BCUT2D eigenvalue weighted by Crippen LogP contribution is 2.12. The lowest BCUT2D eigenvalue weighted by atomic mass is 10.1. The zero-order valence-corrected chi connectivity index (χ0v) is 9.64. The highest BCUT2D eigenvalue weighted by Gasteiger charge is 2.28. The lowest BCUT2D eigenvalue weighted by molar-refractivity contribution is -0.164. The fourth-order valence-corrected chi connectivity index (χ4v) is 1.13. The number of carboxylic acids is 1. The minimum Gasteiger partial charge on any atom is -0.479 e. The molecule has 0 heterocycles. The summed E-state index contributed by atoms with van der Waals surface area (Å²) in [6.45, 7) is 5.24. The molecule has 0 aromatic rings. The molecule has 90 valence electrons. The molecule has 4 unspecified atom stereocenters. The van der Waals surface area contributed by atoms with Crippen molar-refractivity contribution >= 4 is 5.97 Å². The molecule has 0 bridgehead atoms. The Bertz CT molecular complexity index is 192. The Hall–Kier alpha value is -0.650. The van der Waals surface area contributed by atoms with Crippen LogP contribution in [0.5, 0.6) is 0 Å². The van der Waals surface area contributed by atoms with E-state index in [9.17, 15) is 9.90 Å². The van der Waals surface area contributed by atoms with Gasteiger partial charge in [-0.05, 0) is 13.8 Å². The Morgan fingerprint density at radius 2 is 1.87 bits per heavy atom. The van der Waals surface area contributed by atoms with Crippen LogP contribution in [0.4, 0.5) is 0 Å². The molecule has 0 spiro atoms. The number of rotatable bonds is 7. The molecule has 15 heavy (non-hydrogen) atoms. The minimum atomic E-state index is -1.04. The lowest BCUT2D eigenvalue weighted by Crippen LogP contribution is -2.38. The van der Waals surface area contributed by atoms with Crippen molar-refractivity contribution in [3.63, 3.8) is 0 Å². The number of carboxylic acid groups (broad SMARTS) is 1. The molecule has 0 aliphatic carbocycles. The second-order valence-electron chi connectivity index (χ2n) is 3.77. The van der Waals surface area contributed by atoms with Gasteiger partial charge in [-0.1, -0.05) is 6.92 Å². The summed E-state index contributed by atoms with van der Waals surface area (Å²) in [7, 11) is 1.51. The normalized spacial score (nSPS) is 19.3. The monoisotopic (exact) mass is 220 g/mol. The number of hydrogen-bond acceptors (Lipinski definition) is 4. The molecule has 0 aliphatic rings. The number of ether oxygens (including phenoxy) is 2. The van der Waals surface area contributed by atoms with Crippen molar-refractivity contribution in [2.45, 2.75) is 39.1 Å². The van der Waals surface area contributed by atoms with Crippen molar-refractivity contribution in [2.24, 2.45) is 5.92 Å². The summed E-state index contributed by atoms with van der Waals surface area (Å²) in [5, 5.41) is 18.2. The molecule has 5 heteroatoms. The van der Waals surface area contributed by atoms with E-state index in [2.05, 4.69) is 0 Å². The third-order valence-electron chi connectivity index (χ3n) is 2.23. The van der Waals surface area contributed by atoms with E-state index in [0.29, 0.717) is 6.61 Å². The van der Waals surface area contributed by atoms with Gasteiger partial charge in [0.05, 0.1) is 18.8 Å². The molecular weight excluding hydrogens is 200 g/mol. The molecule has 0 rings (SSSR count). The molecule has 0 saturated heterocycles. The van der Waals surface area contributed by atoms with Gasteiger partial charge in [0, 0.05) is 13.0 Å². The fourth-order valence-electron chi connectivity index (χ4n) is 1.13. The van der Waals surface area contributed by atoms with Crippen LogP contribution in [-0.4, -0.2) is 48.2 Å². The third kappa shape index (κ3) is 5.11. The van der Waals surface area contributed by atoms with Crippen LogP contribution in [0.15, 0.2) is 0 Å². The predicted octanol–water partition coefficient (Wildman–Crippen LogP) is 0.508. The van der Waals surface area contributed by atoms with Crippen LogP contribution in [0.3, 0.4) is 0 Å². The van der Waals surface area contributed by atoms with Gasteiger partial charge in [-0.3, -0.25) is 0 Å². The van der Waals surface area contributed by atoms with Gasteiger partial charge in [-0.15, -0.1) is 0 Å². The Labute approximate surface area is 90.0 Å². The molecule has 0 aromatic heterocycles. The minimum absolute atomic E-state index is 0.256. The smallest absolute Gasteiger partial charge is 0.333 e. The average molecular weight is 220 g/mol. The summed E-state index contributed by atoms with van der Waals surface area (Å²) in [5.74, 6) is -1.29. The summed E-state index contributed by atoms with van der Waals surface area (Å²) in [4.78, 5) is 10.9. The van der Waals surface area contributed by atoms with Crippen molar-refractivity contribution in [3.05, 3.63) is 0 Å². The van der Waals surface area contributed by atoms with Crippen molar-refractivity contribution in [2.75, 3.05) is 13.7 Å². The molecule has 2 N–H and O–H groups in total. The first-order chi connectivity index (χ1) is 6.90. The largest absolute Gasteiger partial charge is 0.479 e. The Balaban J connectivity index is 4.33. The first-order valence-corrected chi connectivity index (χ1v) is 4.95. The van der Waals surface area contributed by atoms with E-state index in [4.69, 9.17) is 14.6 Å². The van der Waals surface area contributed by atoms with E-state index in [0.717, 1.165) is 0 Å². The van der Waals surface area contributed by atoms with Gasteiger partial charge in [-0.25, -0.2) is 4.79 Å². The van der Waals surface area contributed by atoms with Crippen LogP contribution in [0, 0.1) is 5.92 Å². The van der Waals surface area contributed by atoms with Gasteiger partial charge >= 0.3 is 5.97 Å². The Kier molecular flexibility index (Phi) is 6.47. The third-order valence-corrected chi connectivity index (χ3v) is 2.23. The maximum atomic E-state index is 10.9. The van der Waals surface area contributed by atoms with Crippen LogP contribution in [0.25, 0.3) is 0 Å². The number of aliphatic carboxylic acids is 1. The summed E-state index contributed by atoms with van der Waals surface area (Å²) < 4.78 is 10.1. The summed E-state index contributed by atoms with van der Waals surface area (Å²) in [6.07, 6.45) is -2.15. The number of hydrogen-bond donors (Lipinski definition) is 2.